The first kappa shape index (κ1) is 11.9. The fraction of sp³-hybridized carbons (Fsp3) is 0.462. The molecule has 1 atom stereocenters. The molecular formula is C13H19N3O. The summed E-state index contributed by atoms with van der Waals surface area (Å²) >= 11 is 0. The van der Waals surface area contributed by atoms with E-state index < -0.39 is 0 Å². The number of furan rings is 1. The van der Waals surface area contributed by atoms with Crippen molar-refractivity contribution in [1.82, 2.24) is 9.78 Å². The third-order valence-electron chi connectivity index (χ3n) is 3.22. The number of nitrogens with two attached hydrogens (primary N) is 1. The summed E-state index contributed by atoms with van der Waals surface area (Å²) in [6.45, 7) is 6.76. The van der Waals surface area contributed by atoms with Crippen molar-refractivity contribution in [3.05, 3.63) is 41.1 Å². The van der Waals surface area contributed by atoms with Gasteiger partial charge < -0.3 is 10.2 Å². The van der Waals surface area contributed by atoms with Gasteiger partial charge in [0, 0.05) is 12.2 Å². The van der Waals surface area contributed by atoms with Gasteiger partial charge in [-0.15, -0.1) is 0 Å². The summed E-state index contributed by atoms with van der Waals surface area (Å²) in [5, 5.41) is 4.58. The Morgan fingerprint density at radius 2 is 2.24 bits per heavy atom. The van der Waals surface area contributed by atoms with Crippen LogP contribution in [-0.4, -0.2) is 16.3 Å². The van der Waals surface area contributed by atoms with Crippen LogP contribution in [0.3, 0.4) is 0 Å². The number of hydrogen-bond donors (Lipinski definition) is 1. The summed E-state index contributed by atoms with van der Waals surface area (Å²) < 4.78 is 7.42. The third-order valence-corrected chi connectivity index (χ3v) is 3.22. The standard InChI is InChI=1S/C13H19N3O/c1-4-11-9(2)15-16(10(11)3)12(8-14)13-6-5-7-17-13/h5-7,12H,4,8,14H2,1-3H3. The monoisotopic (exact) mass is 233 g/mol. The highest BCUT2D eigenvalue weighted by atomic mass is 16.3. The molecule has 0 aromatic carbocycles. The van der Waals surface area contributed by atoms with E-state index in [4.69, 9.17) is 10.2 Å². The van der Waals surface area contributed by atoms with Crippen molar-refractivity contribution in [1.29, 1.82) is 0 Å². The van der Waals surface area contributed by atoms with E-state index in [9.17, 15) is 0 Å². The molecule has 2 aromatic rings. The van der Waals surface area contributed by atoms with Gasteiger partial charge in [0.1, 0.15) is 11.8 Å². The number of aromatic nitrogens is 2. The van der Waals surface area contributed by atoms with Crippen molar-refractivity contribution in [3.63, 3.8) is 0 Å². The third kappa shape index (κ3) is 2.00. The summed E-state index contributed by atoms with van der Waals surface area (Å²) in [6.07, 6.45) is 2.66. The van der Waals surface area contributed by atoms with Gasteiger partial charge in [-0.25, -0.2) is 0 Å². The molecule has 0 spiro atoms. The summed E-state index contributed by atoms with van der Waals surface area (Å²) in [4.78, 5) is 0. The molecule has 2 heterocycles. The van der Waals surface area contributed by atoms with Crippen LogP contribution in [0.25, 0.3) is 0 Å². The van der Waals surface area contributed by atoms with Crippen LogP contribution in [0.15, 0.2) is 22.8 Å². The highest BCUT2D eigenvalue weighted by Gasteiger charge is 2.20. The second kappa shape index (κ2) is 4.75. The lowest BCUT2D eigenvalue weighted by Gasteiger charge is -2.15. The van der Waals surface area contributed by atoms with Crippen LogP contribution in [0.4, 0.5) is 0 Å². The maximum atomic E-state index is 5.84. The number of rotatable bonds is 4. The Morgan fingerprint density at radius 3 is 2.71 bits per heavy atom. The molecule has 0 fully saturated rings. The van der Waals surface area contributed by atoms with Gasteiger partial charge in [0.15, 0.2) is 0 Å². The zero-order valence-electron chi connectivity index (χ0n) is 10.6. The van der Waals surface area contributed by atoms with Gasteiger partial charge in [-0.2, -0.15) is 5.10 Å². The SMILES string of the molecule is CCc1c(C)nn(C(CN)c2ccco2)c1C. The quantitative estimate of drug-likeness (QED) is 0.880. The Balaban J connectivity index is 2.45. The topological polar surface area (TPSA) is 57.0 Å². The van der Waals surface area contributed by atoms with Crippen LogP contribution >= 0.6 is 0 Å². The van der Waals surface area contributed by atoms with Gasteiger partial charge in [0.25, 0.3) is 0 Å². The zero-order chi connectivity index (χ0) is 12.4. The maximum Gasteiger partial charge on any atom is 0.129 e. The molecule has 4 heteroatoms. The Hall–Kier alpha value is -1.55. The average molecular weight is 233 g/mol. The molecule has 0 aliphatic rings. The fourth-order valence-electron chi connectivity index (χ4n) is 2.33. The minimum Gasteiger partial charge on any atom is -0.467 e. The Bertz CT molecular complexity index is 485. The minimum atomic E-state index is -0.0102. The van der Waals surface area contributed by atoms with E-state index in [1.54, 1.807) is 6.26 Å². The van der Waals surface area contributed by atoms with Crippen molar-refractivity contribution in [3.8, 4) is 0 Å². The fourth-order valence-corrected chi connectivity index (χ4v) is 2.33. The number of hydrogen-bond acceptors (Lipinski definition) is 3. The normalized spacial score (nSPS) is 12.9. The molecule has 0 amide bonds. The second-order valence-corrected chi connectivity index (χ2v) is 4.21. The largest absolute Gasteiger partial charge is 0.467 e. The number of aryl methyl sites for hydroxylation is 1. The number of nitrogens with zero attached hydrogens (tertiary/aromatic N) is 2. The van der Waals surface area contributed by atoms with Gasteiger partial charge in [-0.3, -0.25) is 4.68 Å². The van der Waals surface area contributed by atoms with Crippen LogP contribution in [0, 0.1) is 13.8 Å². The molecule has 0 aliphatic carbocycles. The molecule has 0 saturated heterocycles. The minimum absolute atomic E-state index is 0.0102. The van der Waals surface area contributed by atoms with Gasteiger partial charge in [-0.1, -0.05) is 6.92 Å². The molecule has 2 N–H and O–H groups in total. The van der Waals surface area contributed by atoms with E-state index in [0.29, 0.717) is 6.54 Å². The van der Waals surface area contributed by atoms with E-state index >= 15 is 0 Å². The van der Waals surface area contributed by atoms with E-state index in [2.05, 4.69) is 18.9 Å². The molecular weight excluding hydrogens is 214 g/mol. The first-order valence-corrected chi connectivity index (χ1v) is 5.97. The molecule has 0 bridgehead atoms. The van der Waals surface area contributed by atoms with Crippen LogP contribution in [0.5, 0.6) is 0 Å². The zero-order valence-corrected chi connectivity index (χ0v) is 10.6. The highest BCUT2D eigenvalue weighted by molar-refractivity contribution is 5.26. The molecule has 0 saturated carbocycles. The molecule has 17 heavy (non-hydrogen) atoms. The van der Waals surface area contributed by atoms with Crippen molar-refractivity contribution < 1.29 is 4.42 Å². The van der Waals surface area contributed by atoms with Gasteiger partial charge in [0.2, 0.25) is 0 Å². The second-order valence-electron chi connectivity index (χ2n) is 4.21. The van der Waals surface area contributed by atoms with Gasteiger partial charge >= 0.3 is 0 Å². The predicted octanol–water partition coefficient (Wildman–Crippen LogP) is 2.20. The molecule has 92 valence electrons. The lowest BCUT2D eigenvalue weighted by Crippen LogP contribution is -2.22. The first-order chi connectivity index (χ1) is 8.19. The van der Waals surface area contributed by atoms with Gasteiger partial charge in [-0.05, 0) is 38.0 Å². The summed E-state index contributed by atoms with van der Waals surface area (Å²) in [7, 11) is 0. The molecule has 2 rings (SSSR count). The average Bonchev–Trinajstić information content (AvgIpc) is 2.91. The summed E-state index contributed by atoms with van der Waals surface area (Å²) in [6, 6.07) is 3.81. The van der Waals surface area contributed by atoms with E-state index in [1.807, 2.05) is 23.7 Å². The van der Waals surface area contributed by atoms with Crippen LogP contribution in [0.2, 0.25) is 0 Å². The van der Waals surface area contributed by atoms with E-state index in [0.717, 1.165) is 17.9 Å². The van der Waals surface area contributed by atoms with E-state index in [1.165, 1.54) is 11.3 Å². The van der Waals surface area contributed by atoms with E-state index in [-0.39, 0.29) is 6.04 Å². The lowest BCUT2D eigenvalue weighted by atomic mass is 10.1. The van der Waals surface area contributed by atoms with Crippen molar-refractivity contribution in [2.75, 3.05) is 6.54 Å². The molecule has 1 unspecified atom stereocenters. The first-order valence-electron chi connectivity index (χ1n) is 5.97. The Labute approximate surface area is 101 Å². The highest BCUT2D eigenvalue weighted by Crippen LogP contribution is 2.22. The molecule has 2 aromatic heterocycles. The van der Waals surface area contributed by atoms with Crippen molar-refractivity contribution >= 4 is 0 Å². The summed E-state index contributed by atoms with van der Waals surface area (Å²) in [5.41, 5.74) is 9.40. The lowest BCUT2D eigenvalue weighted by molar-refractivity contribution is 0.404. The molecule has 0 aliphatic heterocycles. The molecule has 0 radical (unpaired) electrons. The van der Waals surface area contributed by atoms with Gasteiger partial charge in [0.05, 0.1) is 12.0 Å². The summed E-state index contributed by atoms with van der Waals surface area (Å²) in [5.74, 6) is 0.862. The Morgan fingerprint density at radius 1 is 1.47 bits per heavy atom. The Kier molecular flexibility index (Phi) is 3.33. The predicted molar refractivity (Wildman–Crippen MR) is 67.0 cm³/mol. The maximum absolute atomic E-state index is 5.84. The van der Waals surface area contributed by atoms with Crippen LogP contribution in [0.1, 0.15) is 35.7 Å². The molecule has 4 nitrogen and oxygen atoms in total. The van der Waals surface area contributed by atoms with Crippen molar-refractivity contribution in [2.45, 2.75) is 33.2 Å². The smallest absolute Gasteiger partial charge is 0.129 e. The van der Waals surface area contributed by atoms with Crippen LogP contribution < -0.4 is 5.73 Å². The van der Waals surface area contributed by atoms with Crippen molar-refractivity contribution in [2.24, 2.45) is 5.73 Å². The van der Waals surface area contributed by atoms with Crippen LogP contribution in [-0.2, 0) is 6.42 Å².